The van der Waals surface area contributed by atoms with Crippen molar-refractivity contribution in [3.8, 4) is 5.69 Å². The summed E-state index contributed by atoms with van der Waals surface area (Å²) in [6.45, 7) is 0.638. The number of aromatic nitrogens is 2. The topological polar surface area (TPSA) is 98.3 Å². The van der Waals surface area contributed by atoms with Crippen LogP contribution in [-0.4, -0.2) is 47.3 Å². The van der Waals surface area contributed by atoms with Crippen LogP contribution in [0.3, 0.4) is 0 Å². The SMILES string of the molecule is NS(=O)(=O)C1CCCN(C(=O)c2ccn(-c3ccccc3)n2)C1. The number of nitrogens with zero attached hydrogens (tertiary/aromatic N) is 3. The van der Waals surface area contributed by atoms with Crippen LogP contribution in [0.1, 0.15) is 23.3 Å². The van der Waals surface area contributed by atoms with E-state index in [0.29, 0.717) is 25.1 Å². The van der Waals surface area contributed by atoms with Crippen LogP contribution in [0.15, 0.2) is 42.6 Å². The summed E-state index contributed by atoms with van der Waals surface area (Å²) in [4.78, 5) is 14.0. The van der Waals surface area contributed by atoms with E-state index in [1.165, 1.54) is 4.90 Å². The molecule has 2 heterocycles. The Balaban J connectivity index is 1.77. The highest BCUT2D eigenvalue weighted by Gasteiger charge is 2.31. The van der Waals surface area contributed by atoms with E-state index in [9.17, 15) is 13.2 Å². The third-order valence-electron chi connectivity index (χ3n) is 3.96. The van der Waals surface area contributed by atoms with Crippen LogP contribution in [0.5, 0.6) is 0 Å². The van der Waals surface area contributed by atoms with Gasteiger partial charge in [0, 0.05) is 19.3 Å². The number of nitrogens with two attached hydrogens (primary N) is 1. The fraction of sp³-hybridized carbons (Fsp3) is 0.333. The third kappa shape index (κ3) is 3.43. The number of hydrogen-bond acceptors (Lipinski definition) is 4. The molecular weight excluding hydrogens is 316 g/mol. The van der Waals surface area contributed by atoms with Gasteiger partial charge < -0.3 is 4.90 Å². The van der Waals surface area contributed by atoms with Gasteiger partial charge in [-0.1, -0.05) is 18.2 Å². The Morgan fingerprint density at radius 1 is 1.22 bits per heavy atom. The van der Waals surface area contributed by atoms with Crippen LogP contribution in [0, 0.1) is 0 Å². The van der Waals surface area contributed by atoms with Crippen molar-refractivity contribution in [3.63, 3.8) is 0 Å². The molecule has 0 saturated carbocycles. The predicted molar refractivity (Wildman–Crippen MR) is 85.6 cm³/mol. The summed E-state index contributed by atoms with van der Waals surface area (Å²) in [5.41, 5.74) is 1.15. The largest absolute Gasteiger partial charge is 0.336 e. The van der Waals surface area contributed by atoms with E-state index in [1.54, 1.807) is 16.9 Å². The maximum Gasteiger partial charge on any atom is 0.274 e. The first kappa shape index (κ1) is 15.7. The van der Waals surface area contributed by atoms with E-state index >= 15 is 0 Å². The van der Waals surface area contributed by atoms with Gasteiger partial charge in [0.05, 0.1) is 10.9 Å². The highest BCUT2D eigenvalue weighted by atomic mass is 32.2. The summed E-state index contributed by atoms with van der Waals surface area (Å²) in [5, 5.41) is 8.80. The standard InChI is InChI=1S/C15H18N4O3S/c16-23(21,22)13-7-4-9-18(11-13)15(20)14-8-10-19(17-14)12-5-2-1-3-6-12/h1-3,5-6,8,10,13H,4,7,9,11H2,(H2,16,21,22). The lowest BCUT2D eigenvalue weighted by Crippen LogP contribution is -2.47. The molecule has 7 nitrogen and oxygen atoms in total. The zero-order chi connectivity index (χ0) is 16.4. The number of hydrogen-bond donors (Lipinski definition) is 1. The number of para-hydroxylation sites is 1. The van der Waals surface area contributed by atoms with E-state index in [1.807, 2.05) is 30.3 Å². The van der Waals surface area contributed by atoms with Crippen molar-refractivity contribution in [2.24, 2.45) is 5.14 Å². The number of primary sulfonamides is 1. The molecule has 0 radical (unpaired) electrons. The summed E-state index contributed by atoms with van der Waals surface area (Å²) in [6, 6.07) is 11.1. The Morgan fingerprint density at radius 3 is 2.65 bits per heavy atom. The third-order valence-corrected chi connectivity index (χ3v) is 5.27. The molecule has 1 aliphatic heterocycles. The Labute approximate surface area is 134 Å². The molecule has 1 aliphatic rings. The van der Waals surface area contributed by atoms with Crippen molar-refractivity contribution in [1.82, 2.24) is 14.7 Å². The predicted octanol–water partition coefficient (Wildman–Crippen LogP) is 0.765. The van der Waals surface area contributed by atoms with Gasteiger partial charge in [-0.05, 0) is 31.0 Å². The fourth-order valence-electron chi connectivity index (χ4n) is 2.72. The van der Waals surface area contributed by atoms with Gasteiger partial charge in [-0.2, -0.15) is 5.10 Å². The van der Waals surface area contributed by atoms with Crippen molar-refractivity contribution >= 4 is 15.9 Å². The molecule has 1 fully saturated rings. The maximum atomic E-state index is 12.5. The molecule has 0 bridgehead atoms. The minimum Gasteiger partial charge on any atom is -0.336 e. The first-order valence-electron chi connectivity index (χ1n) is 7.37. The number of benzene rings is 1. The number of carbonyl (C=O) groups is 1. The highest BCUT2D eigenvalue weighted by Crippen LogP contribution is 2.17. The summed E-state index contributed by atoms with van der Waals surface area (Å²) in [5.74, 6) is -0.270. The fourth-order valence-corrected chi connectivity index (χ4v) is 3.60. The first-order valence-corrected chi connectivity index (χ1v) is 8.98. The van der Waals surface area contributed by atoms with Crippen LogP contribution in [-0.2, 0) is 10.0 Å². The molecule has 1 aromatic carbocycles. The Bertz CT molecular complexity index is 801. The normalized spacial score (nSPS) is 18.8. The van der Waals surface area contributed by atoms with Crippen molar-refractivity contribution < 1.29 is 13.2 Å². The molecule has 1 amide bonds. The summed E-state index contributed by atoms with van der Waals surface area (Å²) in [6.07, 6.45) is 2.82. The lowest BCUT2D eigenvalue weighted by Gasteiger charge is -2.30. The molecular formula is C15H18N4O3S. The second-order valence-corrected chi connectivity index (χ2v) is 7.43. The zero-order valence-electron chi connectivity index (χ0n) is 12.5. The minimum absolute atomic E-state index is 0.121. The van der Waals surface area contributed by atoms with Crippen LogP contribution >= 0.6 is 0 Å². The number of amides is 1. The van der Waals surface area contributed by atoms with Crippen LogP contribution in [0.4, 0.5) is 0 Å². The summed E-state index contributed by atoms with van der Waals surface area (Å²) in [7, 11) is -3.63. The van der Waals surface area contributed by atoms with E-state index in [2.05, 4.69) is 5.10 Å². The van der Waals surface area contributed by atoms with Crippen LogP contribution in [0.25, 0.3) is 5.69 Å². The Morgan fingerprint density at radius 2 is 1.96 bits per heavy atom. The van der Waals surface area contributed by atoms with Crippen LogP contribution in [0.2, 0.25) is 0 Å². The highest BCUT2D eigenvalue weighted by molar-refractivity contribution is 7.89. The number of likely N-dealkylation sites (tertiary alicyclic amines) is 1. The monoisotopic (exact) mass is 334 g/mol. The lowest BCUT2D eigenvalue weighted by atomic mass is 10.1. The Hall–Kier alpha value is -2.19. The van der Waals surface area contributed by atoms with E-state index in [4.69, 9.17) is 5.14 Å². The summed E-state index contributed by atoms with van der Waals surface area (Å²) < 4.78 is 24.6. The first-order chi connectivity index (χ1) is 10.9. The second kappa shape index (κ2) is 6.13. The molecule has 2 N–H and O–H groups in total. The molecule has 1 unspecified atom stereocenters. The molecule has 1 aromatic heterocycles. The molecule has 2 aromatic rings. The van der Waals surface area contributed by atoms with E-state index < -0.39 is 15.3 Å². The summed E-state index contributed by atoms with van der Waals surface area (Å²) >= 11 is 0. The molecule has 122 valence electrons. The molecule has 23 heavy (non-hydrogen) atoms. The minimum atomic E-state index is -3.63. The second-order valence-electron chi connectivity index (χ2n) is 5.59. The van der Waals surface area contributed by atoms with Crippen molar-refractivity contribution in [1.29, 1.82) is 0 Å². The van der Waals surface area contributed by atoms with Gasteiger partial charge >= 0.3 is 0 Å². The van der Waals surface area contributed by atoms with Gasteiger partial charge in [0.1, 0.15) is 0 Å². The zero-order valence-corrected chi connectivity index (χ0v) is 13.3. The van der Waals surface area contributed by atoms with Gasteiger partial charge in [0.25, 0.3) is 5.91 Å². The molecule has 0 spiro atoms. The van der Waals surface area contributed by atoms with E-state index in [0.717, 1.165) is 5.69 Å². The van der Waals surface area contributed by atoms with Crippen molar-refractivity contribution in [3.05, 3.63) is 48.3 Å². The molecule has 1 atom stereocenters. The number of carbonyl (C=O) groups excluding carboxylic acids is 1. The van der Waals surface area contributed by atoms with Gasteiger partial charge in [0.15, 0.2) is 5.69 Å². The molecule has 3 rings (SSSR count). The molecule has 1 saturated heterocycles. The van der Waals surface area contributed by atoms with Crippen molar-refractivity contribution in [2.75, 3.05) is 13.1 Å². The number of sulfonamides is 1. The average Bonchev–Trinajstić information content (AvgIpc) is 3.04. The van der Waals surface area contributed by atoms with Crippen molar-refractivity contribution in [2.45, 2.75) is 18.1 Å². The van der Waals surface area contributed by atoms with Gasteiger partial charge in [-0.3, -0.25) is 4.79 Å². The van der Waals surface area contributed by atoms with Crippen LogP contribution < -0.4 is 5.14 Å². The van der Waals surface area contributed by atoms with Gasteiger partial charge in [0.2, 0.25) is 10.0 Å². The maximum absolute atomic E-state index is 12.5. The average molecular weight is 334 g/mol. The lowest BCUT2D eigenvalue weighted by molar-refractivity contribution is 0.0720. The quantitative estimate of drug-likeness (QED) is 0.896. The smallest absolute Gasteiger partial charge is 0.274 e. The molecule has 0 aliphatic carbocycles. The molecule has 8 heteroatoms. The number of piperidine rings is 1. The van der Waals surface area contributed by atoms with E-state index in [-0.39, 0.29) is 12.5 Å². The van der Waals surface area contributed by atoms with Gasteiger partial charge in [-0.25, -0.2) is 18.2 Å². The van der Waals surface area contributed by atoms with Gasteiger partial charge in [-0.15, -0.1) is 0 Å². The number of rotatable bonds is 3. The Kier molecular flexibility index (Phi) is 4.18.